The SMILES string of the molecule is CC(NC=O)C(=O)C(N)=O. The zero-order valence-corrected chi connectivity index (χ0v) is 5.46. The molecular weight excluding hydrogens is 136 g/mol. The van der Waals surface area contributed by atoms with E-state index in [2.05, 4.69) is 11.1 Å². The number of nitrogens with two attached hydrogens (primary N) is 1. The number of hydrogen-bond donors (Lipinski definition) is 2. The maximum atomic E-state index is 10.5. The number of carbonyl (C=O) groups is 3. The average Bonchev–Trinajstić information content (AvgIpc) is 1.87. The Labute approximate surface area is 57.6 Å². The smallest absolute Gasteiger partial charge is 0.287 e. The molecule has 0 aromatic carbocycles. The van der Waals surface area contributed by atoms with E-state index in [9.17, 15) is 14.4 Å². The van der Waals surface area contributed by atoms with Gasteiger partial charge in [-0.1, -0.05) is 0 Å². The summed E-state index contributed by atoms with van der Waals surface area (Å²) in [6.07, 6.45) is 0.339. The van der Waals surface area contributed by atoms with Gasteiger partial charge in [0.05, 0.1) is 6.04 Å². The van der Waals surface area contributed by atoms with E-state index < -0.39 is 17.7 Å². The van der Waals surface area contributed by atoms with Crippen LogP contribution in [0.2, 0.25) is 0 Å². The summed E-state index contributed by atoms with van der Waals surface area (Å²) in [6.45, 7) is 1.38. The highest BCUT2D eigenvalue weighted by Gasteiger charge is 2.16. The third-order valence-electron chi connectivity index (χ3n) is 0.954. The molecule has 0 aliphatic rings. The van der Waals surface area contributed by atoms with Crippen LogP contribution in [0.4, 0.5) is 0 Å². The third-order valence-corrected chi connectivity index (χ3v) is 0.954. The maximum Gasteiger partial charge on any atom is 0.287 e. The van der Waals surface area contributed by atoms with Crippen molar-refractivity contribution in [1.29, 1.82) is 0 Å². The zero-order chi connectivity index (χ0) is 8.15. The van der Waals surface area contributed by atoms with Gasteiger partial charge in [-0.05, 0) is 6.92 Å². The van der Waals surface area contributed by atoms with Crippen LogP contribution in [0.15, 0.2) is 0 Å². The molecule has 3 N–H and O–H groups in total. The number of rotatable bonds is 4. The minimum Gasteiger partial charge on any atom is -0.363 e. The molecule has 0 aromatic heterocycles. The number of primary amides is 1. The van der Waals surface area contributed by atoms with Gasteiger partial charge >= 0.3 is 0 Å². The van der Waals surface area contributed by atoms with Crippen LogP contribution in [-0.4, -0.2) is 24.1 Å². The summed E-state index contributed by atoms with van der Waals surface area (Å²) < 4.78 is 0. The van der Waals surface area contributed by atoms with Crippen LogP contribution in [0.5, 0.6) is 0 Å². The summed E-state index contributed by atoms with van der Waals surface area (Å²) >= 11 is 0. The number of nitrogens with one attached hydrogen (secondary N) is 1. The quantitative estimate of drug-likeness (QED) is 0.359. The van der Waals surface area contributed by atoms with Gasteiger partial charge in [0.25, 0.3) is 5.91 Å². The zero-order valence-electron chi connectivity index (χ0n) is 5.46. The first kappa shape index (κ1) is 8.61. The lowest BCUT2D eigenvalue weighted by Gasteiger charge is -2.03. The van der Waals surface area contributed by atoms with Gasteiger partial charge in [-0.2, -0.15) is 0 Å². The van der Waals surface area contributed by atoms with E-state index in [1.807, 2.05) is 0 Å². The minimum absolute atomic E-state index is 0.339. The molecule has 1 unspecified atom stereocenters. The molecule has 0 bridgehead atoms. The standard InChI is InChI=1S/C5H8N2O3/c1-3(7-2-8)4(9)5(6)10/h2-3H,1H3,(H2,6,10)(H,7,8). The lowest BCUT2D eigenvalue weighted by atomic mass is 10.2. The second kappa shape index (κ2) is 3.60. The molecule has 0 aliphatic heterocycles. The Kier molecular flexibility index (Phi) is 3.10. The molecular formula is C5H8N2O3. The van der Waals surface area contributed by atoms with E-state index in [4.69, 9.17) is 0 Å². The summed E-state index contributed by atoms with van der Waals surface area (Å²) in [4.78, 5) is 30.4. The van der Waals surface area contributed by atoms with Gasteiger partial charge in [-0.3, -0.25) is 14.4 Å². The van der Waals surface area contributed by atoms with E-state index in [0.717, 1.165) is 0 Å². The van der Waals surface area contributed by atoms with E-state index in [0.29, 0.717) is 6.41 Å². The number of carbonyl (C=O) groups excluding carboxylic acids is 3. The molecule has 0 spiro atoms. The van der Waals surface area contributed by atoms with Gasteiger partial charge in [0.15, 0.2) is 0 Å². The van der Waals surface area contributed by atoms with Gasteiger partial charge in [-0.25, -0.2) is 0 Å². The lowest BCUT2D eigenvalue weighted by molar-refractivity contribution is -0.137. The van der Waals surface area contributed by atoms with Crippen molar-refractivity contribution in [1.82, 2.24) is 5.32 Å². The van der Waals surface area contributed by atoms with Gasteiger partial charge in [-0.15, -0.1) is 0 Å². The summed E-state index contributed by atoms with van der Waals surface area (Å²) in [6, 6.07) is -0.824. The number of amides is 2. The Morgan fingerprint density at radius 2 is 2.10 bits per heavy atom. The number of hydrogen-bond acceptors (Lipinski definition) is 3. The van der Waals surface area contributed by atoms with Crippen LogP contribution < -0.4 is 11.1 Å². The fourth-order valence-electron chi connectivity index (χ4n) is 0.391. The predicted octanol–water partition coefficient (Wildman–Crippen LogP) is -1.82. The predicted molar refractivity (Wildman–Crippen MR) is 32.9 cm³/mol. The Hall–Kier alpha value is -1.39. The molecule has 5 heteroatoms. The molecule has 0 fully saturated rings. The first-order valence-corrected chi connectivity index (χ1v) is 2.63. The molecule has 5 nitrogen and oxygen atoms in total. The van der Waals surface area contributed by atoms with E-state index >= 15 is 0 Å². The second-order valence-corrected chi connectivity index (χ2v) is 1.73. The van der Waals surface area contributed by atoms with Crippen molar-refractivity contribution < 1.29 is 14.4 Å². The van der Waals surface area contributed by atoms with Gasteiger partial charge < -0.3 is 11.1 Å². The first-order chi connectivity index (χ1) is 4.59. The summed E-state index contributed by atoms with van der Waals surface area (Å²) in [5.74, 6) is -1.84. The average molecular weight is 144 g/mol. The van der Waals surface area contributed by atoms with E-state index in [1.165, 1.54) is 6.92 Å². The fraction of sp³-hybridized carbons (Fsp3) is 0.400. The molecule has 2 amide bonds. The summed E-state index contributed by atoms with van der Waals surface area (Å²) in [7, 11) is 0. The molecule has 10 heavy (non-hydrogen) atoms. The van der Waals surface area contributed by atoms with Crippen LogP contribution in [0.1, 0.15) is 6.92 Å². The number of Topliss-reactive ketones (excluding diaryl/α,β-unsaturated/α-hetero) is 1. The first-order valence-electron chi connectivity index (χ1n) is 2.63. The topological polar surface area (TPSA) is 89.3 Å². The molecule has 0 saturated heterocycles. The van der Waals surface area contributed by atoms with Crippen molar-refractivity contribution in [2.45, 2.75) is 13.0 Å². The van der Waals surface area contributed by atoms with Crippen LogP contribution in [0, 0.1) is 0 Å². The van der Waals surface area contributed by atoms with Crippen LogP contribution in [0.25, 0.3) is 0 Å². The molecule has 0 aliphatic carbocycles. The maximum absolute atomic E-state index is 10.5. The normalized spacial score (nSPS) is 11.7. The minimum atomic E-state index is -1.04. The molecule has 1 atom stereocenters. The van der Waals surface area contributed by atoms with Crippen LogP contribution in [0.3, 0.4) is 0 Å². The highest BCUT2D eigenvalue weighted by atomic mass is 16.2. The van der Waals surface area contributed by atoms with Crippen molar-refractivity contribution in [3.63, 3.8) is 0 Å². The van der Waals surface area contributed by atoms with Crippen molar-refractivity contribution in [2.75, 3.05) is 0 Å². The highest BCUT2D eigenvalue weighted by Crippen LogP contribution is 1.80. The van der Waals surface area contributed by atoms with Crippen LogP contribution in [-0.2, 0) is 14.4 Å². The van der Waals surface area contributed by atoms with Crippen molar-refractivity contribution in [3.05, 3.63) is 0 Å². The largest absolute Gasteiger partial charge is 0.363 e. The molecule has 0 aromatic rings. The molecule has 0 saturated carbocycles. The van der Waals surface area contributed by atoms with Gasteiger partial charge in [0.1, 0.15) is 0 Å². The molecule has 0 heterocycles. The Bertz CT molecular complexity index is 166. The fourth-order valence-corrected chi connectivity index (χ4v) is 0.391. The molecule has 0 rings (SSSR count). The highest BCUT2D eigenvalue weighted by molar-refractivity contribution is 6.37. The summed E-state index contributed by atoms with van der Waals surface area (Å²) in [5.41, 5.74) is 4.62. The van der Waals surface area contributed by atoms with E-state index in [1.54, 1.807) is 0 Å². The molecule has 0 radical (unpaired) electrons. The Morgan fingerprint density at radius 3 is 2.40 bits per heavy atom. The third kappa shape index (κ3) is 2.25. The Morgan fingerprint density at radius 1 is 1.60 bits per heavy atom. The van der Waals surface area contributed by atoms with Gasteiger partial charge in [0.2, 0.25) is 12.2 Å². The second-order valence-electron chi connectivity index (χ2n) is 1.73. The van der Waals surface area contributed by atoms with Crippen molar-refractivity contribution >= 4 is 18.1 Å². The Balaban J connectivity index is 3.94. The lowest BCUT2D eigenvalue weighted by Crippen LogP contribution is -2.40. The van der Waals surface area contributed by atoms with Crippen molar-refractivity contribution in [3.8, 4) is 0 Å². The monoisotopic (exact) mass is 144 g/mol. The van der Waals surface area contributed by atoms with Crippen molar-refractivity contribution in [2.24, 2.45) is 5.73 Å². The van der Waals surface area contributed by atoms with Crippen LogP contribution >= 0.6 is 0 Å². The molecule has 56 valence electrons. The summed E-state index contributed by atoms with van der Waals surface area (Å²) in [5, 5.41) is 2.10. The number of ketones is 1. The van der Waals surface area contributed by atoms with E-state index in [-0.39, 0.29) is 0 Å². The van der Waals surface area contributed by atoms with Gasteiger partial charge in [0, 0.05) is 0 Å².